The maximum Gasteiger partial charge on any atom is 0.230 e. The number of aromatic nitrogens is 1. The lowest BCUT2D eigenvalue weighted by Crippen LogP contribution is -2.15. The Morgan fingerprint density at radius 1 is 1.04 bits per heavy atom. The molecule has 1 aliphatic heterocycles. The van der Waals surface area contributed by atoms with Gasteiger partial charge in [-0.05, 0) is 42.5 Å². The Hall–Kier alpha value is -2.80. The van der Waals surface area contributed by atoms with Crippen LogP contribution in [-0.2, 0) is 11.2 Å². The van der Waals surface area contributed by atoms with Crippen molar-refractivity contribution in [2.45, 2.75) is 6.42 Å². The minimum atomic E-state index is -0.158. The lowest BCUT2D eigenvalue weighted by atomic mass is 10.1. The van der Waals surface area contributed by atoms with Crippen LogP contribution in [0, 0.1) is 0 Å². The van der Waals surface area contributed by atoms with E-state index in [-0.39, 0.29) is 12.3 Å². The molecule has 0 saturated carbocycles. The van der Waals surface area contributed by atoms with E-state index in [9.17, 15) is 4.79 Å². The summed E-state index contributed by atoms with van der Waals surface area (Å²) in [6.45, 7) is 1.07. The maximum absolute atomic E-state index is 12.2. The molecule has 0 unspecified atom stereocenters. The van der Waals surface area contributed by atoms with Crippen LogP contribution in [0.25, 0.3) is 11.3 Å². The van der Waals surface area contributed by atoms with E-state index in [2.05, 4.69) is 26.4 Å². The first-order valence-electron chi connectivity index (χ1n) is 8.08. The van der Waals surface area contributed by atoms with Gasteiger partial charge in [-0.2, -0.15) is 0 Å². The zero-order valence-corrected chi connectivity index (χ0v) is 15.3. The summed E-state index contributed by atoms with van der Waals surface area (Å²) in [5, 5.41) is 6.81. The second-order valence-corrected chi connectivity index (χ2v) is 6.69. The van der Waals surface area contributed by atoms with Gasteiger partial charge in [-0.15, -0.1) is 0 Å². The highest BCUT2D eigenvalue weighted by Gasteiger charge is 2.15. The fourth-order valence-electron chi connectivity index (χ4n) is 2.63. The van der Waals surface area contributed by atoms with Crippen LogP contribution in [0.15, 0.2) is 57.5 Å². The Labute approximate surface area is 158 Å². The molecular weight excluding hydrogens is 400 g/mol. The highest BCUT2D eigenvalue weighted by molar-refractivity contribution is 9.10. The quantitative estimate of drug-likeness (QED) is 0.696. The number of carbonyl (C=O) groups is 1. The van der Waals surface area contributed by atoms with E-state index in [1.54, 1.807) is 6.07 Å². The molecule has 6 nitrogen and oxygen atoms in total. The number of hydrogen-bond acceptors (Lipinski definition) is 5. The minimum absolute atomic E-state index is 0.129. The van der Waals surface area contributed by atoms with Gasteiger partial charge in [-0.25, -0.2) is 0 Å². The van der Waals surface area contributed by atoms with Gasteiger partial charge in [0.05, 0.1) is 12.1 Å². The van der Waals surface area contributed by atoms with Crippen molar-refractivity contribution in [3.05, 3.63) is 58.7 Å². The molecule has 3 aromatic rings. The van der Waals surface area contributed by atoms with Crippen molar-refractivity contribution in [3.63, 3.8) is 0 Å². The topological polar surface area (TPSA) is 73.6 Å². The molecule has 0 spiro atoms. The highest BCUT2D eigenvalue weighted by atomic mass is 79.9. The van der Waals surface area contributed by atoms with E-state index < -0.39 is 0 Å². The molecule has 1 amide bonds. The first-order chi connectivity index (χ1) is 12.7. The molecule has 1 N–H and O–H groups in total. The molecule has 0 fully saturated rings. The smallest absolute Gasteiger partial charge is 0.230 e. The fourth-order valence-corrected chi connectivity index (χ4v) is 2.90. The van der Waals surface area contributed by atoms with Crippen LogP contribution in [0.1, 0.15) is 5.69 Å². The molecule has 4 rings (SSSR count). The number of rotatable bonds is 4. The Bertz CT molecular complexity index is 937. The number of halogens is 1. The van der Waals surface area contributed by atoms with Gasteiger partial charge < -0.3 is 19.3 Å². The third kappa shape index (κ3) is 3.72. The summed E-state index contributed by atoms with van der Waals surface area (Å²) < 4.78 is 17.4. The summed E-state index contributed by atoms with van der Waals surface area (Å²) in [4.78, 5) is 12.2. The number of nitrogens with zero attached hydrogens (tertiary/aromatic N) is 1. The average Bonchev–Trinajstić information content (AvgIpc) is 3.11. The molecule has 1 aliphatic rings. The van der Waals surface area contributed by atoms with Gasteiger partial charge in [0.25, 0.3) is 0 Å². The molecule has 2 heterocycles. The predicted molar refractivity (Wildman–Crippen MR) is 99.4 cm³/mol. The first-order valence-corrected chi connectivity index (χ1v) is 8.88. The monoisotopic (exact) mass is 414 g/mol. The van der Waals surface area contributed by atoms with Crippen molar-refractivity contribution in [1.82, 2.24) is 5.16 Å². The Kier molecular flexibility index (Phi) is 4.62. The van der Waals surface area contributed by atoms with Gasteiger partial charge in [0.2, 0.25) is 5.91 Å². The second-order valence-electron chi connectivity index (χ2n) is 5.77. The molecule has 132 valence electrons. The lowest BCUT2D eigenvalue weighted by Gasteiger charge is -2.18. The van der Waals surface area contributed by atoms with Crippen LogP contribution >= 0.6 is 15.9 Å². The van der Waals surface area contributed by atoms with E-state index in [1.807, 2.05) is 42.5 Å². The Balaban J connectivity index is 1.44. The minimum Gasteiger partial charge on any atom is -0.486 e. The first kappa shape index (κ1) is 16.7. The average molecular weight is 415 g/mol. The third-order valence-electron chi connectivity index (χ3n) is 3.86. The summed E-state index contributed by atoms with van der Waals surface area (Å²) in [5.74, 6) is 1.82. The molecule has 2 aromatic carbocycles. The van der Waals surface area contributed by atoms with Crippen molar-refractivity contribution in [3.8, 4) is 22.8 Å². The summed E-state index contributed by atoms with van der Waals surface area (Å²) in [6, 6.07) is 14.7. The zero-order chi connectivity index (χ0) is 17.9. The van der Waals surface area contributed by atoms with Crippen LogP contribution in [0.5, 0.6) is 11.5 Å². The van der Waals surface area contributed by atoms with Crippen molar-refractivity contribution in [2.24, 2.45) is 0 Å². The maximum atomic E-state index is 12.2. The number of benzene rings is 2. The zero-order valence-electron chi connectivity index (χ0n) is 13.7. The van der Waals surface area contributed by atoms with Crippen molar-refractivity contribution in [2.75, 3.05) is 18.5 Å². The van der Waals surface area contributed by atoms with Gasteiger partial charge in [-0.1, -0.05) is 21.1 Å². The molecule has 7 heteroatoms. The normalized spacial score (nSPS) is 12.7. The number of fused-ring (bicyclic) bond motifs is 1. The highest BCUT2D eigenvalue weighted by Crippen LogP contribution is 2.34. The fraction of sp³-hybridized carbons (Fsp3) is 0.158. The summed E-state index contributed by atoms with van der Waals surface area (Å²) in [7, 11) is 0. The van der Waals surface area contributed by atoms with Crippen molar-refractivity contribution < 1.29 is 18.8 Å². The second kappa shape index (κ2) is 7.21. The number of hydrogen-bond donors (Lipinski definition) is 1. The molecule has 26 heavy (non-hydrogen) atoms. The van der Waals surface area contributed by atoms with E-state index in [4.69, 9.17) is 14.0 Å². The Morgan fingerprint density at radius 3 is 2.62 bits per heavy atom. The SMILES string of the molecule is O=C(Cc1cc(-c2ccc3c(c2)OCCO3)on1)Nc1ccc(Br)cc1. The van der Waals surface area contributed by atoms with Gasteiger partial charge in [-0.3, -0.25) is 4.79 Å². The lowest BCUT2D eigenvalue weighted by molar-refractivity contribution is -0.115. The molecule has 0 bridgehead atoms. The van der Waals surface area contributed by atoms with Crippen LogP contribution in [0.2, 0.25) is 0 Å². The number of ether oxygens (including phenoxy) is 2. The van der Waals surface area contributed by atoms with Gasteiger partial charge in [0.1, 0.15) is 13.2 Å². The van der Waals surface area contributed by atoms with Crippen molar-refractivity contribution in [1.29, 1.82) is 0 Å². The molecule has 1 aromatic heterocycles. The van der Waals surface area contributed by atoms with Gasteiger partial charge >= 0.3 is 0 Å². The van der Waals surface area contributed by atoms with E-state index in [0.29, 0.717) is 36.2 Å². The van der Waals surface area contributed by atoms with Crippen LogP contribution in [-0.4, -0.2) is 24.3 Å². The number of carbonyl (C=O) groups excluding carboxylic acids is 1. The summed E-state index contributed by atoms with van der Waals surface area (Å²) in [5.41, 5.74) is 2.11. The molecule has 0 atom stereocenters. The molecule has 0 aliphatic carbocycles. The number of anilines is 1. The summed E-state index contributed by atoms with van der Waals surface area (Å²) >= 11 is 3.36. The number of amides is 1. The standard InChI is InChI=1S/C19H15BrN2O4/c20-13-2-4-14(5-3-13)21-19(23)11-15-10-17(26-22-15)12-1-6-16-18(9-12)25-8-7-24-16/h1-6,9-10H,7-8,11H2,(H,21,23). The Morgan fingerprint density at radius 2 is 1.81 bits per heavy atom. The van der Waals surface area contributed by atoms with Gasteiger partial charge in [0.15, 0.2) is 17.3 Å². The summed E-state index contributed by atoms with van der Waals surface area (Å²) in [6.07, 6.45) is 0.129. The van der Waals surface area contributed by atoms with Crippen LogP contribution in [0.3, 0.4) is 0 Å². The number of nitrogens with one attached hydrogen (secondary N) is 1. The van der Waals surface area contributed by atoms with E-state index in [1.165, 1.54) is 0 Å². The largest absolute Gasteiger partial charge is 0.486 e. The molecular formula is C19H15BrN2O4. The van der Waals surface area contributed by atoms with Crippen molar-refractivity contribution >= 4 is 27.5 Å². The third-order valence-corrected chi connectivity index (χ3v) is 4.38. The molecule has 0 radical (unpaired) electrons. The van der Waals surface area contributed by atoms with E-state index >= 15 is 0 Å². The van der Waals surface area contributed by atoms with Crippen LogP contribution < -0.4 is 14.8 Å². The predicted octanol–water partition coefficient (Wildman–Crippen LogP) is 4.06. The molecule has 0 saturated heterocycles. The van der Waals surface area contributed by atoms with Crippen LogP contribution in [0.4, 0.5) is 5.69 Å². The van der Waals surface area contributed by atoms with Gasteiger partial charge in [0, 0.05) is 21.8 Å². The van der Waals surface area contributed by atoms with E-state index in [0.717, 1.165) is 15.7 Å².